The molecule has 96 valence electrons. The Labute approximate surface area is 108 Å². The minimum atomic E-state index is -0.820. The van der Waals surface area contributed by atoms with Crippen molar-refractivity contribution in [1.29, 1.82) is 0 Å². The number of carbonyl (C=O) groups excluding carboxylic acids is 1. The van der Waals surface area contributed by atoms with Gasteiger partial charge in [-0.25, -0.2) is 9.78 Å². The van der Waals surface area contributed by atoms with Crippen LogP contribution >= 0.6 is 11.3 Å². The van der Waals surface area contributed by atoms with Crippen LogP contribution in [0.5, 0.6) is 0 Å². The fraction of sp³-hybridized carbons (Fsp3) is 0.583. The van der Waals surface area contributed by atoms with Crippen LogP contribution in [0.15, 0.2) is 0 Å². The van der Waals surface area contributed by atoms with Crippen LogP contribution in [0, 0.1) is 5.41 Å². The number of aromatic nitrogens is 1. The molecular weight excluding hydrogens is 252 g/mol. The molecule has 0 saturated carbocycles. The largest absolute Gasteiger partial charge is 0.465 e. The molecule has 1 aromatic rings. The van der Waals surface area contributed by atoms with Crippen LogP contribution in [-0.2, 0) is 12.8 Å². The molecule has 0 atom stereocenters. The fourth-order valence-corrected chi connectivity index (χ4v) is 4.08. The molecule has 1 spiro atoms. The van der Waals surface area contributed by atoms with Crippen molar-refractivity contribution in [3.63, 3.8) is 0 Å². The second-order valence-corrected chi connectivity index (χ2v) is 6.28. The average Bonchev–Trinajstić information content (AvgIpc) is 2.84. The summed E-state index contributed by atoms with van der Waals surface area (Å²) in [6.45, 7) is 1.23. The Bertz CT molecular complexity index is 478. The Balaban J connectivity index is 1.72. The quantitative estimate of drug-likeness (QED) is 0.787. The first-order chi connectivity index (χ1) is 8.62. The van der Waals surface area contributed by atoms with Crippen LogP contribution in [0.25, 0.3) is 0 Å². The van der Waals surface area contributed by atoms with Gasteiger partial charge in [-0.3, -0.25) is 4.79 Å². The Hall–Kier alpha value is -1.43. The number of rotatable bonds is 1. The Morgan fingerprint density at radius 3 is 2.67 bits per heavy atom. The average molecular weight is 266 g/mol. The Morgan fingerprint density at radius 2 is 2.11 bits per heavy atom. The molecule has 1 saturated heterocycles. The molecule has 0 bridgehead atoms. The van der Waals surface area contributed by atoms with Crippen molar-refractivity contribution in [2.45, 2.75) is 25.7 Å². The van der Waals surface area contributed by atoms with E-state index in [4.69, 9.17) is 5.11 Å². The third kappa shape index (κ3) is 1.80. The molecule has 1 fully saturated rings. The molecular formula is C12H14N2O3S. The molecule has 1 N–H and O–H groups in total. The topological polar surface area (TPSA) is 70.5 Å². The number of hydrogen-bond donors (Lipinski definition) is 1. The van der Waals surface area contributed by atoms with E-state index in [9.17, 15) is 9.59 Å². The van der Waals surface area contributed by atoms with Crippen molar-refractivity contribution in [1.82, 2.24) is 9.88 Å². The molecule has 18 heavy (non-hydrogen) atoms. The van der Waals surface area contributed by atoms with Gasteiger partial charge in [-0.2, -0.15) is 0 Å². The first kappa shape index (κ1) is 11.6. The number of carboxylic acid groups (broad SMARTS) is 1. The number of carbonyl (C=O) groups is 2. The van der Waals surface area contributed by atoms with Gasteiger partial charge >= 0.3 is 6.09 Å². The highest BCUT2D eigenvalue weighted by molar-refractivity contribution is 7.13. The van der Waals surface area contributed by atoms with E-state index in [0.717, 1.165) is 37.7 Å². The molecule has 5 nitrogen and oxygen atoms in total. The number of likely N-dealkylation sites (tertiary alicyclic amines) is 1. The lowest BCUT2D eigenvalue weighted by atomic mass is 9.76. The molecule has 1 aliphatic carbocycles. The van der Waals surface area contributed by atoms with Gasteiger partial charge in [-0.1, -0.05) is 0 Å². The predicted octanol–water partition coefficient (Wildman–Crippen LogP) is 1.81. The van der Waals surface area contributed by atoms with Gasteiger partial charge in [-0.15, -0.1) is 11.3 Å². The maximum Gasteiger partial charge on any atom is 0.407 e. The van der Waals surface area contributed by atoms with Crippen molar-refractivity contribution in [2.75, 3.05) is 13.1 Å². The summed E-state index contributed by atoms with van der Waals surface area (Å²) in [6, 6.07) is 0. The lowest BCUT2D eigenvalue weighted by Gasteiger charge is -2.37. The molecule has 1 amide bonds. The zero-order chi connectivity index (χ0) is 12.8. The highest BCUT2D eigenvalue weighted by Gasteiger charge is 2.42. The van der Waals surface area contributed by atoms with Crippen LogP contribution in [0.3, 0.4) is 0 Å². The van der Waals surface area contributed by atoms with Gasteiger partial charge in [0.15, 0.2) is 11.3 Å². The smallest absolute Gasteiger partial charge is 0.407 e. The molecule has 0 radical (unpaired) electrons. The minimum absolute atomic E-state index is 0.196. The third-order valence-electron chi connectivity index (χ3n) is 4.07. The lowest BCUT2D eigenvalue weighted by molar-refractivity contribution is 0.0935. The Kier molecular flexibility index (Phi) is 2.62. The Morgan fingerprint density at radius 1 is 1.39 bits per heavy atom. The molecule has 2 aliphatic rings. The summed E-state index contributed by atoms with van der Waals surface area (Å²) in [7, 11) is 0. The number of aldehydes is 1. The number of amides is 1. The maximum atomic E-state index is 10.9. The summed E-state index contributed by atoms with van der Waals surface area (Å²) in [5, 5.41) is 9.52. The SMILES string of the molecule is O=Cc1nc2c(s1)CC1(CCN(C(=O)O)CC1)C2. The molecule has 3 rings (SSSR count). The molecule has 1 aliphatic heterocycles. The maximum absolute atomic E-state index is 10.9. The van der Waals surface area contributed by atoms with Crippen LogP contribution in [0.1, 0.15) is 33.2 Å². The summed E-state index contributed by atoms with van der Waals surface area (Å²) >= 11 is 1.49. The number of piperidine rings is 1. The van der Waals surface area contributed by atoms with E-state index >= 15 is 0 Å². The van der Waals surface area contributed by atoms with Gasteiger partial charge in [0.1, 0.15) is 0 Å². The minimum Gasteiger partial charge on any atom is -0.465 e. The predicted molar refractivity (Wildman–Crippen MR) is 66.2 cm³/mol. The van der Waals surface area contributed by atoms with Gasteiger partial charge in [0.25, 0.3) is 0 Å². The summed E-state index contributed by atoms with van der Waals surface area (Å²) < 4.78 is 0. The van der Waals surface area contributed by atoms with E-state index in [1.54, 1.807) is 0 Å². The number of hydrogen-bond acceptors (Lipinski definition) is 4. The summed E-state index contributed by atoms with van der Waals surface area (Å²) in [6.07, 6.45) is 3.65. The van der Waals surface area contributed by atoms with E-state index in [2.05, 4.69) is 4.98 Å². The van der Waals surface area contributed by atoms with Gasteiger partial charge in [0.05, 0.1) is 5.69 Å². The number of thiazole rings is 1. The van der Waals surface area contributed by atoms with Crippen LogP contribution in [0.2, 0.25) is 0 Å². The fourth-order valence-electron chi connectivity index (χ4n) is 3.01. The second-order valence-electron chi connectivity index (χ2n) is 5.16. The summed E-state index contributed by atoms with van der Waals surface area (Å²) in [5.41, 5.74) is 1.26. The molecule has 6 heteroatoms. The zero-order valence-electron chi connectivity index (χ0n) is 9.89. The molecule has 0 aromatic carbocycles. The van der Waals surface area contributed by atoms with Crippen molar-refractivity contribution in [3.8, 4) is 0 Å². The highest BCUT2D eigenvalue weighted by Crippen LogP contribution is 2.46. The van der Waals surface area contributed by atoms with Gasteiger partial charge in [-0.05, 0) is 31.1 Å². The third-order valence-corrected chi connectivity index (χ3v) is 5.09. The van der Waals surface area contributed by atoms with Crippen molar-refractivity contribution in [3.05, 3.63) is 15.6 Å². The molecule has 2 heterocycles. The normalized spacial score (nSPS) is 21.0. The van der Waals surface area contributed by atoms with E-state index < -0.39 is 6.09 Å². The van der Waals surface area contributed by atoms with E-state index in [1.807, 2.05) is 0 Å². The van der Waals surface area contributed by atoms with Crippen molar-refractivity contribution < 1.29 is 14.7 Å². The van der Waals surface area contributed by atoms with Gasteiger partial charge in [0.2, 0.25) is 0 Å². The number of nitrogens with zero attached hydrogens (tertiary/aromatic N) is 2. The van der Waals surface area contributed by atoms with Crippen molar-refractivity contribution in [2.24, 2.45) is 5.41 Å². The molecule has 1 aromatic heterocycles. The zero-order valence-corrected chi connectivity index (χ0v) is 10.7. The van der Waals surface area contributed by atoms with Crippen LogP contribution < -0.4 is 0 Å². The van der Waals surface area contributed by atoms with Crippen LogP contribution in [0.4, 0.5) is 4.79 Å². The van der Waals surface area contributed by atoms with Crippen molar-refractivity contribution >= 4 is 23.7 Å². The van der Waals surface area contributed by atoms with Gasteiger partial charge < -0.3 is 10.0 Å². The van der Waals surface area contributed by atoms with Gasteiger partial charge in [0, 0.05) is 18.0 Å². The summed E-state index contributed by atoms with van der Waals surface area (Å²) in [5.74, 6) is 0. The first-order valence-corrected chi connectivity index (χ1v) is 6.85. The number of fused-ring (bicyclic) bond motifs is 1. The highest BCUT2D eigenvalue weighted by atomic mass is 32.1. The standard InChI is InChI=1S/C12H14N2O3S/c15-7-10-13-8-5-12(6-9(8)18-10)1-3-14(4-2-12)11(16)17/h7H,1-6H2,(H,16,17). The summed E-state index contributed by atoms with van der Waals surface area (Å²) in [4.78, 5) is 28.6. The lowest BCUT2D eigenvalue weighted by Crippen LogP contribution is -2.43. The van der Waals surface area contributed by atoms with E-state index in [0.29, 0.717) is 18.1 Å². The second kappa shape index (κ2) is 4.05. The van der Waals surface area contributed by atoms with Crippen LogP contribution in [-0.4, -0.2) is 40.5 Å². The van der Waals surface area contributed by atoms with E-state index in [1.165, 1.54) is 21.1 Å². The molecule has 0 unspecified atom stereocenters. The first-order valence-electron chi connectivity index (χ1n) is 6.03. The van der Waals surface area contributed by atoms with E-state index in [-0.39, 0.29) is 5.41 Å². The monoisotopic (exact) mass is 266 g/mol.